The zero-order valence-corrected chi connectivity index (χ0v) is 11.6. The van der Waals surface area contributed by atoms with Crippen LogP contribution >= 0.6 is 0 Å². The molecular formula is C13H20N4O. The van der Waals surface area contributed by atoms with Crippen LogP contribution in [0.2, 0.25) is 0 Å². The molecule has 5 heteroatoms. The minimum atomic E-state index is 0.0668. The maximum Gasteiger partial charge on any atom is 0.323 e. The molecule has 1 N–H and O–H groups in total. The Bertz CT molecular complexity index is 533. The fourth-order valence-electron chi connectivity index (χ4n) is 1.65. The summed E-state index contributed by atoms with van der Waals surface area (Å²) in [5, 5.41) is 7.71. The van der Waals surface area contributed by atoms with E-state index in [1.807, 2.05) is 19.9 Å². The lowest BCUT2D eigenvalue weighted by Crippen LogP contribution is -2.35. The smallest absolute Gasteiger partial charge is 0.323 e. The van der Waals surface area contributed by atoms with Crippen molar-refractivity contribution in [3.63, 3.8) is 0 Å². The van der Waals surface area contributed by atoms with E-state index in [1.54, 1.807) is 10.9 Å². The van der Waals surface area contributed by atoms with Crippen molar-refractivity contribution in [1.82, 2.24) is 20.1 Å². The molecule has 0 atom stereocenters. The van der Waals surface area contributed by atoms with Gasteiger partial charge in [-0.2, -0.15) is 14.8 Å². The molecule has 5 nitrogen and oxygen atoms in total. The molecule has 0 amide bonds. The van der Waals surface area contributed by atoms with Crippen molar-refractivity contribution >= 4 is 0 Å². The molecule has 0 aliphatic carbocycles. The Hall–Kier alpha value is -1.62. The predicted octanol–water partition coefficient (Wildman–Crippen LogP) is 2.37. The van der Waals surface area contributed by atoms with Gasteiger partial charge < -0.3 is 9.73 Å². The molecule has 2 heterocycles. The topological polar surface area (TPSA) is 55.9 Å². The molecule has 0 saturated heterocycles. The van der Waals surface area contributed by atoms with E-state index in [2.05, 4.69) is 36.2 Å². The van der Waals surface area contributed by atoms with E-state index in [-0.39, 0.29) is 5.54 Å². The molecule has 0 bridgehead atoms. The summed E-state index contributed by atoms with van der Waals surface area (Å²) in [6.07, 6.45) is 1.67. The summed E-state index contributed by atoms with van der Waals surface area (Å²) in [5.74, 6) is 0. The number of nitrogens with one attached hydrogen (secondary N) is 1. The minimum absolute atomic E-state index is 0.0668. The fraction of sp³-hybridized carbons (Fsp3) is 0.538. The molecule has 0 aliphatic rings. The monoisotopic (exact) mass is 248 g/mol. The van der Waals surface area contributed by atoms with Gasteiger partial charge in [0.15, 0.2) is 0 Å². The number of rotatable bonds is 3. The van der Waals surface area contributed by atoms with Crippen molar-refractivity contribution in [2.75, 3.05) is 0 Å². The highest BCUT2D eigenvalue weighted by Crippen LogP contribution is 2.12. The van der Waals surface area contributed by atoms with Crippen LogP contribution in [-0.2, 0) is 6.54 Å². The minimum Gasteiger partial charge on any atom is -0.430 e. The second-order valence-corrected chi connectivity index (χ2v) is 5.56. The number of oxazole rings is 1. The van der Waals surface area contributed by atoms with Gasteiger partial charge in [-0.05, 0) is 40.7 Å². The van der Waals surface area contributed by atoms with Gasteiger partial charge >= 0.3 is 6.01 Å². The lowest BCUT2D eigenvalue weighted by molar-refractivity contribution is 0.420. The van der Waals surface area contributed by atoms with Crippen LogP contribution in [0.3, 0.4) is 0 Å². The summed E-state index contributed by atoms with van der Waals surface area (Å²) < 4.78 is 7.18. The zero-order chi connectivity index (χ0) is 13.3. The highest BCUT2D eigenvalue weighted by Gasteiger charge is 2.13. The third-order valence-corrected chi connectivity index (χ3v) is 2.53. The summed E-state index contributed by atoms with van der Waals surface area (Å²) >= 11 is 0. The van der Waals surface area contributed by atoms with E-state index in [0.717, 1.165) is 17.1 Å². The standard InChI is InChI=1S/C13H20N4O/c1-9-6-10(2)17(16-9)12-15-11(8-18-12)7-14-13(3,4)5/h6,8,14H,7H2,1-5H3. The van der Waals surface area contributed by atoms with Gasteiger partial charge in [0.2, 0.25) is 0 Å². The summed E-state index contributed by atoms with van der Waals surface area (Å²) in [7, 11) is 0. The lowest BCUT2D eigenvalue weighted by Gasteiger charge is -2.19. The van der Waals surface area contributed by atoms with Gasteiger partial charge in [0.05, 0.1) is 11.4 Å². The molecule has 0 aromatic carbocycles. The molecule has 0 unspecified atom stereocenters. The first kappa shape index (κ1) is 12.8. The second kappa shape index (κ2) is 4.57. The highest BCUT2D eigenvalue weighted by molar-refractivity contribution is 5.17. The van der Waals surface area contributed by atoms with Crippen molar-refractivity contribution < 1.29 is 4.42 Å². The quantitative estimate of drug-likeness (QED) is 0.906. The van der Waals surface area contributed by atoms with Crippen molar-refractivity contribution in [3.05, 3.63) is 29.4 Å². The van der Waals surface area contributed by atoms with Crippen molar-refractivity contribution in [1.29, 1.82) is 0 Å². The van der Waals surface area contributed by atoms with E-state index >= 15 is 0 Å². The average Bonchev–Trinajstić information content (AvgIpc) is 2.81. The van der Waals surface area contributed by atoms with E-state index in [1.165, 1.54) is 0 Å². The normalized spacial score (nSPS) is 12.1. The van der Waals surface area contributed by atoms with Crippen molar-refractivity contribution in [3.8, 4) is 6.01 Å². The molecule has 2 rings (SSSR count). The van der Waals surface area contributed by atoms with E-state index in [4.69, 9.17) is 4.42 Å². The van der Waals surface area contributed by atoms with Crippen LogP contribution in [0.15, 0.2) is 16.7 Å². The molecule has 2 aromatic rings. The third-order valence-electron chi connectivity index (χ3n) is 2.53. The van der Waals surface area contributed by atoms with Gasteiger partial charge in [-0.25, -0.2) is 0 Å². The maximum absolute atomic E-state index is 5.46. The van der Waals surface area contributed by atoms with Gasteiger partial charge in [0, 0.05) is 17.8 Å². The number of hydrogen-bond acceptors (Lipinski definition) is 4. The summed E-state index contributed by atoms with van der Waals surface area (Å²) in [6.45, 7) is 11.0. The Morgan fingerprint density at radius 1 is 1.33 bits per heavy atom. The highest BCUT2D eigenvalue weighted by atomic mass is 16.4. The molecule has 0 fully saturated rings. The molecular weight excluding hydrogens is 228 g/mol. The third kappa shape index (κ3) is 2.98. The largest absolute Gasteiger partial charge is 0.430 e. The van der Waals surface area contributed by atoms with Gasteiger partial charge in [0.1, 0.15) is 6.26 Å². The Labute approximate surface area is 107 Å². The van der Waals surface area contributed by atoms with E-state index in [9.17, 15) is 0 Å². The van der Waals surface area contributed by atoms with Crippen LogP contribution in [0.5, 0.6) is 0 Å². The summed E-state index contributed by atoms with van der Waals surface area (Å²) in [6, 6.07) is 2.52. The number of aryl methyl sites for hydroxylation is 2. The Kier molecular flexibility index (Phi) is 3.26. The molecule has 18 heavy (non-hydrogen) atoms. The van der Waals surface area contributed by atoms with Gasteiger partial charge in [-0.3, -0.25) is 0 Å². The van der Waals surface area contributed by atoms with Gasteiger partial charge in [-0.15, -0.1) is 0 Å². The van der Waals surface area contributed by atoms with Crippen LogP contribution in [0.4, 0.5) is 0 Å². The van der Waals surface area contributed by atoms with Crippen LogP contribution in [0, 0.1) is 13.8 Å². The Morgan fingerprint density at radius 2 is 2.06 bits per heavy atom. The van der Waals surface area contributed by atoms with Crippen molar-refractivity contribution in [2.45, 2.75) is 46.7 Å². The zero-order valence-electron chi connectivity index (χ0n) is 11.6. The first-order valence-corrected chi connectivity index (χ1v) is 6.08. The van der Waals surface area contributed by atoms with Gasteiger partial charge in [0.25, 0.3) is 0 Å². The maximum atomic E-state index is 5.46. The first-order valence-electron chi connectivity index (χ1n) is 6.08. The molecule has 0 aliphatic heterocycles. The van der Waals surface area contributed by atoms with E-state index < -0.39 is 0 Å². The van der Waals surface area contributed by atoms with E-state index in [0.29, 0.717) is 12.6 Å². The molecule has 0 radical (unpaired) electrons. The summed E-state index contributed by atoms with van der Waals surface area (Å²) in [5.41, 5.74) is 2.93. The molecule has 0 spiro atoms. The Balaban J connectivity index is 2.13. The van der Waals surface area contributed by atoms with Crippen LogP contribution in [-0.4, -0.2) is 20.3 Å². The second-order valence-electron chi connectivity index (χ2n) is 5.56. The SMILES string of the molecule is Cc1cc(C)n(-c2nc(CNC(C)(C)C)co2)n1. The first-order chi connectivity index (χ1) is 8.35. The Morgan fingerprint density at radius 3 is 2.61 bits per heavy atom. The van der Waals surface area contributed by atoms with Crippen LogP contribution in [0.1, 0.15) is 37.9 Å². The number of hydrogen-bond donors (Lipinski definition) is 1. The van der Waals surface area contributed by atoms with Crippen molar-refractivity contribution in [2.24, 2.45) is 0 Å². The summed E-state index contributed by atoms with van der Waals surface area (Å²) in [4.78, 5) is 4.43. The molecule has 98 valence electrons. The number of nitrogens with zero attached hydrogens (tertiary/aromatic N) is 3. The molecule has 2 aromatic heterocycles. The molecule has 0 saturated carbocycles. The van der Waals surface area contributed by atoms with Crippen LogP contribution < -0.4 is 5.32 Å². The van der Waals surface area contributed by atoms with Crippen LogP contribution in [0.25, 0.3) is 6.01 Å². The number of aromatic nitrogens is 3. The van der Waals surface area contributed by atoms with Gasteiger partial charge in [-0.1, -0.05) is 0 Å². The average molecular weight is 248 g/mol. The lowest BCUT2D eigenvalue weighted by atomic mass is 10.1. The fourth-order valence-corrected chi connectivity index (χ4v) is 1.65. The predicted molar refractivity (Wildman–Crippen MR) is 69.7 cm³/mol.